The van der Waals surface area contributed by atoms with E-state index in [4.69, 9.17) is 18.8 Å². The van der Waals surface area contributed by atoms with Crippen LogP contribution in [0.3, 0.4) is 0 Å². The van der Waals surface area contributed by atoms with Crippen LogP contribution in [0, 0.1) is 25.5 Å². The summed E-state index contributed by atoms with van der Waals surface area (Å²) in [4.78, 5) is 35.8. The van der Waals surface area contributed by atoms with E-state index in [1.165, 1.54) is 21.9 Å². The minimum atomic E-state index is -0.801. The highest BCUT2D eigenvalue weighted by Crippen LogP contribution is 2.37. The molecule has 2 atom stereocenters. The van der Waals surface area contributed by atoms with E-state index < -0.39 is 42.1 Å². The van der Waals surface area contributed by atoms with Crippen molar-refractivity contribution in [2.45, 2.75) is 78.0 Å². The van der Waals surface area contributed by atoms with Crippen LogP contribution in [0.2, 0.25) is 0 Å². The lowest BCUT2D eigenvalue weighted by atomic mass is 9.78. The molecule has 6 aromatic heterocycles. The fourth-order valence-electron chi connectivity index (χ4n) is 7.61. The first-order valence-electron chi connectivity index (χ1n) is 21.4. The average molecular weight is 994 g/mol. The Morgan fingerprint density at radius 3 is 1.71 bits per heavy atom. The van der Waals surface area contributed by atoms with Crippen LogP contribution in [0.25, 0.3) is 22.4 Å². The molecule has 0 aliphatic carbocycles. The van der Waals surface area contributed by atoms with E-state index in [1.54, 1.807) is 92.7 Å². The largest absolute Gasteiger partial charge is 0.497 e. The van der Waals surface area contributed by atoms with Crippen LogP contribution >= 0.6 is 15.9 Å². The van der Waals surface area contributed by atoms with Gasteiger partial charge in [0.15, 0.2) is 11.3 Å². The highest BCUT2D eigenvalue weighted by Gasteiger charge is 2.52. The number of halogens is 3. The Labute approximate surface area is 396 Å². The van der Waals surface area contributed by atoms with Gasteiger partial charge >= 0.3 is 19.3 Å². The lowest BCUT2D eigenvalue weighted by Crippen LogP contribution is -2.41. The Bertz CT molecular complexity index is 3100. The third kappa shape index (κ3) is 9.78. The zero-order valence-corrected chi connectivity index (χ0v) is 39.2. The molecule has 0 spiro atoms. The molecular formula is C44H44BBrF2N14O6. The zero-order chi connectivity index (χ0) is 47.9. The monoisotopic (exact) mass is 992 g/mol. The number of aryl methyl sites for hydroxylation is 2. The Morgan fingerprint density at radius 2 is 1.19 bits per heavy atom. The molecule has 2 aromatic carbocycles. The van der Waals surface area contributed by atoms with Gasteiger partial charge in [-0.3, -0.25) is 9.80 Å². The molecule has 2 amide bonds. The normalized spacial score (nSPS) is 18.4. The number of nitrogens with zero attached hydrogens (tertiary/aromatic N) is 14. The van der Waals surface area contributed by atoms with Crippen molar-refractivity contribution >= 4 is 63.4 Å². The zero-order valence-electron chi connectivity index (χ0n) is 37.6. The van der Waals surface area contributed by atoms with Crippen LogP contribution < -0.4 is 15.3 Å². The number of rotatable bonds is 8. The molecule has 8 aromatic rings. The number of ether oxygens (including phenoxy) is 2. The molecule has 3 fully saturated rings. The fraction of sp³-hybridized carbons (Fsp3) is 0.318. The molecule has 0 saturated carbocycles. The number of amides is 2. The number of hydrogen-bond donors (Lipinski definition) is 0. The lowest BCUT2D eigenvalue weighted by molar-refractivity contribution is 0.00578. The Balaban J connectivity index is 0.000000139. The van der Waals surface area contributed by atoms with Gasteiger partial charge in [0.1, 0.15) is 35.5 Å². The first-order valence-corrected chi connectivity index (χ1v) is 22.2. The molecule has 0 unspecified atom stereocenters. The second-order valence-corrected chi connectivity index (χ2v) is 18.0. The summed E-state index contributed by atoms with van der Waals surface area (Å²) in [5.74, 6) is 0.508. The van der Waals surface area contributed by atoms with Gasteiger partial charge in [0.2, 0.25) is 0 Å². The number of anilines is 2. The summed E-state index contributed by atoms with van der Waals surface area (Å²) in [6.45, 7) is 12.7. The third-order valence-corrected chi connectivity index (χ3v) is 12.2. The van der Waals surface area contributed by atoms with Gasteiger partial charge < -0.3 is 18.8 Å². The van der Waals surface area contributed by atoms with Crippen molar-refractivity contribution in [2.24, 2.45) is 0 Å². The Hall–Kier alpha value is -7.18. The predicted molar refractivity (Wildman–Crippen MR) is 246 cm³/mol. The van der Waals surface area contributed by atoms with Crippen molar-refractivity contribution in [2.75, 3.05) is 22.9 Å². The average Bonchev–Trinajstić information content (AvgIpc) is 4.16. The van der Waals surface area contributed by atoms with Gasteiger partial charge in [0.25, 0.3) is 0 Å². The molecule has 0 radical (unpaired) electrons. The third-order valence-electron chi connectivity index (χ3n) is 11.7. The second-order valence-electron chi connectivity index (χ2n) is 17.1. The smallest absolute Gasteiger partial charge is 0.442 e. The number of benzene rings is 2. The topological polar surface area (TPSA) is 199 Å². The summed E-state index contributed by atoms with van der Waals surface area (Å²) >= 11 is 3.36. The van der Waals surface area contributed by atoms with Gasteiger partial charge in [-0.15, -0.1) is 10.2 Å². The van der Waals surface area contributed by atoms with Crippen LogP contribution in [0.5, 0.6) is 0 Å². The summed E-state index contributed by atoms with van der Waals surface area (Å²) in [7, 11) is -0.801. The molecule has 3 saturated heterocycles. The van der Waals surface area contributed by atoms with Gasteiger partial charge in [-0.25, -0.2) is 46.7 Å². The molecular weight excluding hydrogens is 949 g/mol. The van der Waals surface area contributed by atoms with Crippen LogP contribution in [0.15, 0.2) is 102 Å². The van der Waals surface area contributed by atoms with E-state index in [0.717, 1.165) is 15.9 Å². The molecule has 68 heavy (non-hydrogen) atoms. The van der Waals surface area contributed by atoms with Gasteiger partial charge in [0, 0.05) is 40.3 Å². The number of cyclic esters (lactones) is 2. The number of aromatic nitrogens is 12. The fourth-order valence-corrected chi connectivity index (χ4v) is 7.93. The summed E-state index contributed by atoms with van der Waals surface area (Å²) in [6.07, 6.45) is 8.30. The Morgan fingerprint density at radius 1 is 0.676 bits per heavy atom. The van der Waals surface area contributed by atoms with Crippen molar-refractivity contribution in [3.8, 4) is 11.1 Å². The van der Waals surface area contributed by atoms with Crippen LogP contribution in [0.1, 0.15) is 39.3 Å². The lowest BCUT2D eigenvalue weighted by Gasteiger charge is -2.32. The van der Waals surface area contributed by atoms with Crippen LogP contribution in [-0.4, -0.2) is 115 Å². The van der Waals surface area contributed by atoms with Crippen molar-refractivity contribution in [1.29, 1.82) is 0 Å². The maximum Gasteiger partial charge on any atom is 0.497 e. The van der Waals surface area contributed by atoms with Crippen molar-refractivity contribution in [3.05, 3.63) is 126 Å². The standard InChI is InChI=1S/C19H16FN7O2.C18H22BFN4O4.C7H6BrN3/c1-12-22-18-8-13(4-6-27(18)23-12)16-3-2-14(9-17(16)20)26-11-15(29-19(26)28)10-25-7-5-21-24-25;1-17(2)18(3,4)28-19(27-17)14-6-5-12(9-15(14)20)24-11-13(26-16(24)25)10-23-8-7-21-22-23;1-5-9-7-4-6(8)2-3-11(7)10-5/h2-9,15H,10-11H2,1H3;5-9,13H,10-11H2,1-4H3;2-4H,1H3/t15-;13-;/m00./s1. The molecule has 0 N–H and O–H groups in total. The van der Waals surface area contributed by atoms with Crippen LogP contribution in [0.4, 0.5) is 29.7 Å². The first-order chi connectivity index (χ1) is 32.5. The summed E-state index contributed by atoms with van der Waals surface area (Å²) in [6, 6.07) is 16.7. The Kier molecular flexibility index (Phi) is 12.5. The molecule has 20 nitrogen and oxygen atoms in total. The van der Waals surface area contributed by atoms with E-state index in [1.807, 2.05) is 52.9 Å². The minimum Gasteiger partial charge on any atom is -0.442 e. The molecule has 11 rings (SSSR count). The molecule has 350 valence electrons. The maximum atomic E-state index is 14.9. The first kappa shape index (κ1) is 46.0. The molecule has 0 bridgehead atoms. The number of pyridine rings is 2. The second kappa shape index (κ2) is 18.5. The predicted octanol–water partition coefficient (Wildman–Crippen LogP) is 6.00. The van der Waals surface area contributed by atoms with Crippen LogP contribution in [-0.2, 0) is 31.9 Å². The van der Waals surface area contributed by atoms with E-state index in [-0.39, 0.29) is 12.2 Å². The number of fused-ring (bicyclic) bond motifs is 2. The maximum absolute atomic E-state index is 14.9. The number of carbonyl (C=O) groups is 2. The molecule has 24 heteroatoms. The number of hydrogen-bond acceptors (Lipinski definition) is 14. The van der Waals surface area contributed by atoms with Gasteiger partial charge in [0.05, 0.1) is 61.1 Å². The van der Waals surface area contributed by atoms with Crippen molar-refractivity contribution in [1.82, 2.24) is 59.2 Å². The highest BCUT2D eigenvalue weighted by molar-refractivity contribution is 9.10. The van der Waals surface area contributed by atoms with Gasteiger partial charge in [-0.1, -0.05) is 32.4 Å². The summed E-state index contributed by atoms with van der Waals surface area (Å²) < 4.78 is 59.8. The summed E-state index contributed by atoms with van der Waals surface area (Å²) in [5, 5.41) is 23.6. The van der Waals surface area contributed by atoms with Gasteiger partial charge in [-0.2, -0.15) is 10.2 Å². The summed E-state index contributed by atoms with van der Waals surface area (Å²) in [5.41, 5.74) is 2.66. The van der Waals surface area contributed by atoms with Gasteiger partial charge in [-0.05, 0) is 102 Å². The highest BCUT2D eigenvalue weighted by atomic mass is 79.9. The molecule has 3 aliphatic heterocycles. The SMILES string of the molecule is CC1(C)OB(c2ccc(N3C[C@H](Cn4ccnn4)OC3=O)cc2F)OC1(C)C.Cc1nc2cc(-c3ccc(N4C[C@H](Cn5ccnn5)OC4=O)cc3F)ccn2n1.Cc1nc2cc(Br)ccn2n1. The van der Waals surface area contributed by atoms with Crippen molar-refractivity contribution < 1.29 is 37.2 Å². The van der Waals surface area contributed by atoms with Crippen molar-refractivity contribution in [3.63, 3.8) is 0 Å². The van der Waals surface area contributed by atoms with E-state index in [0.29, 0.717) is 65.6 Å². The van der Waals surface area contributed by atoms with E-state index >= 15 is 0 Å². The van der Waals surface area contributed by atoms with E-state index in [9.17, 15) is 18.4 Å². The molecule has 3 aliphatic rings. The quantitative estimate of drug-likeness (QED) is 0.161. The minimum absolute atomic E-state index is 0.300. The molecule has 9 heterocycles. The van der Waals surface area contributed by atoms with E-state index in [2.05, 4.69) is 56.7 Å². The number of carbonyl (C=O) groups excluding carboxylic acids is 2.